The molecule has 4 aromatic rings. The van der Waals surface area contributed by atoms with Crippen LogP contribution in [-0.4, -0.2) is 24.4 Å². The highest BCUT2D eigenvalue weighted by Gasteiger charge is 2.16. The molecule has 0 saturated carbocycles. The van der Waals surface area contributed by atoms with Crippen molar-refractivity contribution in [1.82, 2.24) is 9.38 Å². The number of benzene rings is 2. The van der Waals surface area contributed by atoms with E-state index in [1.54, 1.807) is 30.3 Å². The minimum atomic E-state index is -3.70. The van der Waals surface area contributed by atoms with Gasteiger partial charge in [0.05, 0.1) is 17.2 Å². The van der Waals surface area contributed by atoms with E-state index in [0.717, 1.165) is 28.0 Å². The minimum absolute atomic E-state index is 0.197. The molecule has 0 spiro atoms. The van der Waals surface area contributed by atoms with Crippen molar-refractivity contribution in [3.63, 3.8) is 0 Å². The molecule has 0 saturated heterocycles. The van der Waals surface area contributed by atoms with Gasteiger partial charge in [0.15, 0.2) is 0 Å². The van der Waals surface area contributed by atoms with Gasteiger partial charge in [-0.25, -0.2) is 13.4 Å². The van der Waals surface area contributed by atoms with E-state index in [9.17, 15) is 8.42 Å². The van der Waals surface area contributed by atoms with Gasteiger partial charge >= 0.3 is 0 Å². The Bertz CT molecular complexity index is 1310. The average molecular weight is 422 g/mol. The smallest absolute Gasteiger partial charge is 0.261 e. The first kappa shape index (κ1) is 20.0. The Balaban J connectivity index is 1.55. The lowest BCUT2D eigenvalue weighted by Gasteiger charge is -2.11. The van der Waals surface area contributed by atoms with Gasteiger partial charge < -0.3 is 9.14 Å². The van der Waals surface area contributed by atoms with Crippen molar-refractivity contribution < 1.29 is 13.2 Å². The van der Waals surface area contributed by atoms with E-state index in [0.29, 0.717) is 18.0 Å². The number of fused-ring (bicyclic) bond motifs is 1. The second-order valence-corrected chi connectivity index (χ2v) is 8.82. The second kappa shape index (κ2) is 7.84. The number of anilines is 1. The van der Waals surface area contributed by atoms with Gasteiger partial charge in [0.25, 0.3) is 10.0 Å². The summed E-state index contributed by atoms with van der Waals surface area (Å²) >= 11 is 0. The van der Waals surface area contributed by atoms with Crippen LogP contribution in [0.5, 0.6) is 5.75 Å². The lowest BCUT2D eigenvalue weighted by Crippen LogP contribution is -2.13. The zero-order chi connectivity index (χ0) is 21.3. The Kier molecular flexibility index (Phi) is 5.22. The lowest BCUT2D eigenvalue weighted by molar-refractivity contribution is 0.337. The minimum Gasteiger partial charge on any atom is -0.494 e. The molecule has 0 bridgehead atoms. The maximum atomic E-state index is 12.8. The molecule has 7 heteroatoms. The number of nitrogens with zero attached hydrogens (tertiary/aromatic N) is 2. The van der Waals surface area contributed by atoms with Crippen LogP contribution in [0.2, 0.25) is 0 Å². The van der Waals surface area contributed by atoms with Crippen LogP contribution in [0.3, 0.4) is 0 Å². The van der Waals surface area contributed by atoms with Gasteiger partial charge in [-0.1, -0.05) is 12.1 Å². The Morgan fingerprint density at radius 1 is 1.03 bits per heavy atom. The van der Waals surface area contributed by atoms with Crippen LogP contribution >= 0.6 is 0 Å². The van der Waals surface area contributed by atoms with Crippen molar-refractivity contribution >= 4 is 21.4 Å². The molecule has 0 atom stereocenters. The molecule has 0 amide bonds. The van der Waals surface area contributed by atoms with Gasteiger partial charge in [-0.3, -0.25) is 4.72 Å². The number of nitrogens with one attached hydrogen (secondary N) is 1. The fourth-order valence-corrected chi connectivity index (χ4v) is 4.40. The van der Waals surface area contributed by atoms with E-state index in [1.165, 1.54) is 0 Å². The molecule has 0 unspecified atom stereocenters. The number of pyridine rings is 1. The molecule has 154 valence electrons. The highest BCUT2D eigenvalue weighted by atomic mass is 32.2. The molecule has 4 rings (SSSR count). The molecule has 30 heavy (non-hydrogen) atoms. The zero-order valence-corrected chi connectivity index (χ0v) is 17.9. The van der Waals surface area contributed by atoms with E-state index in [2.05, 4.69) is 9.71 Å². The molecule has 0 aliphatic heterocycles. The quantitative estimate of drug-likeness (QED) is 0.485. The number of aromatic nitrogens is 2. The first-order valence-corrected chi connectivity index (χ1v) is 11.2. The van der Waals surface area contributed by atoms with Crippen molar-refractivity contribution in [2.45, 2.75) is 25.7 Å². The van der Waals surface area contributed by atoms with Crippen molar-refractivity contribution in [3.8, 4) is 17.0 Å². The molecule has 2 heterocycles. The number of aryl methyl sites for hydroxylation is 2. The van der Waals surface area contributed by atoms with Crippen LogP contribution in [0.1, 0.15) is 18.1 Å². The maximum Gasteiger partial charge on any atom is 0.261 e. The Morgan fingerprint density at radius 3 is 2.50 bits per heavy atom. The summed E-state index contributed by atoms with van der Waals surface area (Å²) in [4.78, 5) is 4.84. The summed E-state index contributed by atoms with van der Waals surface area (Å²) in [7, 11) is -3.70. The van der Waals surface area contributed by atoms with Gasteiger partial charge in [-0.15, -0.1) is 0 Å². The van der Waals surface area contributed by atoms with E-state index in [1.807, 2.05) is 61.8 Å². The van der Waals surface area contributed by atoms with Gasteiger partial charge in [0.1, 0.15) is 11.4 Å². The lowest BCUT2D eigenvalue weighted by atomic mass is 10.1. The Labute approximate surface area is 176 Å². The predicted molar refractivity (Wildman–Crippen MR) is 119 cm³/mol. The van der Waals surface area contributed by atoms with E-state index >= 15 is 0 Å². The molecule has 0 aliphatic rings. The van der Waals surface area contributed by atoms with Crippen LogP contribution < -0.4 is 9.46 Å². The molecule has 0 fully saturated rings. The van der Waals surface area contributed by atoms with Gasteiger partial charge in [-0.2, -0.15) is 0 Å². The number of hydrogen-bond acceptors (Lipinski definition) is 4. The van der Waals surface area contributed by atoms with E-state index < -0.39 is 10.0 Å². The summed E-state index contributed by atoms with van der Waals surface area (Å²) in [5.74, 6) is 0.684. The third-order valence-electron chi connectivity index (χ3n) is 4.81. The normalized spacial score (nSPS) is 11.6. The summed E-state index contributed by atoms with van der Waals surface area (Å²) < 4.78 is 35.6. The fraction of sp³-hybridized carbons (Fsp3) is 0.174. The van der Waals surface area contributed by atoms with Gasteiger partial charge in [0, 0.05) is 23.6 Å². The number of rotatable bonds is 6. The van der Waals surface area contributed by atoms with Gasteiger partial charge in [-0.05, 0) is 74.4 Å². The highest BCUT2D eigenvalue weighted by molar-refractivity contribution is 7.92. The summed E-state index contributed by atoms with van der Waals surface area (Å²) in [6.45, 7) is 6.28. The second-order valence-electron chi connectivity index (χ2n) is 7.14. The van der Waals surface area contributed by atoms with Crippen molar-refractivity contribution in [1.29, 1.82) is 0 Å². The maximum absolute atomic E-state index is 12.8. The number of ether oxygens (including phenoxy) is 1. The standard InChI is InChI=1S/C23H23N3O3S/c1-4-29-22-10-9-20(14-17(22)3)30(27,28)25-19-7-5-18(6-8-19)21-15-26-12-11-16(2)13-23(26)24-21/h5-15,25H,4H2,1-3H3. The van der Waals surface area contributed by atoms with Crippen LogP contribution in [0.25, 0.3) is 16.9 Å². The molecule has 0 aliphatic carbocycles. The molecule has 2 aromatic heterocycles. The third kappa shape index (κ3) is 4.02. The Hall–Kier alpha value is -3.32. The first-order valence-electron chi connectivity index (χ1n) is 9.68. The molecule has 6 nitrogen and oxygen atoms in total. The van der Waals surface area contributed by atoms with Gasteiger partial charge in [0.2, 0.25) is 0 Å². The van der Waals surface area contributed by atoms with Crippen LogP contribution in [-0.2, 0) is 10.0 Å². The van der Waals surface area contributed by atoms with E-state index in [-0.39, 0.29) is 4.90 Å². The fourth-order valence-electron chi connectivity index (χ4n) is 3.25. The third-order valence-corrected chi connectivity index (χ3v) is 6.18. The number of hydrogen-bond donors (Lipinski definition) is 1. The van der Waals surface area contributed by atoms with Crippen LogP contribution in [0, 0.1) is 13.8 Å². The highest BCUT2D eigenvalue weighted by Crippen LogP contribution is 2.25. The van der Waals surface area contributed by atoms with Crippen molar-refractivity contribution in [3.05, 3.63) is 78.1 Å². The van der Waals surface area contributed by atoms with Crippen LogP contribution in [0.4, 0.5) is 5.69 Å². The molecule has 1 N–H and O–H groups in total. The molecular weight excluding hydrogens is 398 g/mol. The summed E-state index contributed by atoms with van der Waals surface area (Å²) in [5, 5.41) is 0. The van der Waals surface area contributed by atoms with Crippen LogP contribution in [0.15, 0.2) is 71.9 Å². The molecule has 2 aromatic carbocycles. The SMILES string of the molecule is CCOc1ccc(S(=O)(=O)Nc2ccc(-c3cn4ccc(C)cc4n3)cc2)cc1C. The summed E-state index contributed by atoms with van der Waals surface area (Å²) in [5.41, 5.74) is 5.03. The largest absolute Gasteiger partial charge is 0.494 e. The predicted octanol–water partition coefficient (Wildman–Crippen LogP) is 4.82. The first-order chi connectivity index (χ1) is 14.4. The molecule has 0 radical (unpaired) electrons. The van der Waals surface area contributed by atoms with Crippen molar-refractivity contribution in [2.75, 3.05) is 11.3 Å². The Morgan fingerprint density at radius 2 is 1.80 bits per heavy atom. The number of imidazole rings is 1. The summed E-state index contributed by atoms with van der Waals surface area (Å²) in [6.07, 6.45) is 3.93. The monoisotopic (exact) mass is 421 g/mol. The van der Waals surface area contributed by atoms with Crippen molar-refractivity contribution in [2.24, 2.45) is 0 Å². The van der Waals surface area contributed by atoms with E-state index in [4.69, 9.17) is 4.74 Å². The topological polar surface area (TPSA) is 72.7 Å². The summed E-state index contributed by atoms with van der Waals surface area (Å²) in [6, 6.07) is 16.1. The molecular formula is C23H23N3O3S. The number of sulfonamides is 1. The zero-order valence-electron chi connectivity index (χ0n) is 17.1. The average Bonchev–Trinajstić information content (AvgIpc) is 3.13.